The van der Waals surface area contributed by atoms with Crippen LogP contribution in [0.2, 0.25) is 0 Å². The van der Waals surface area contributed by atoms with Gasteiger partial charge in [0.1, 0.15) is 0 Å². The van der Waals surface area contributed by atoms with E-state index in [-0.39, 0.29) is 5.54 Å². The number of hydrogen-bond acceptors (Lipinski definition) is 3. The molecule has 0 atom stereocenters. The Hall–Kier alpha value is -3.04. The Morgan fingerprint density at radius 3 is 2.32 bits per heavy atom. The molecule has 2 aromatic heterocycles. The van der Waals surface area contributed by atoms with Crippen molar-refractivity contribution in [3.63, 3.8) is 0 Å². The summed E-state index contributed by atoms with van der Waals surface area (Å²) in [7, 11) is 0. The summed E-state index contributed by atoms with van der Waals surface area (Å²) in [5.41, 5.74) is 14.0. The molecular formula is C25H23N3. The molecule has 1 aliphatic carbocycles. The van der Waals surface area contributed by atoms with Gasteiger partial charge in [-0.15, -0.1) is 0 Å². The summed E-state index contributed by atoms with van der Waals surface area (Å²) in [5, 5.41) is 1.09. The van der Waals surface area contributed by atoms with E-state index < -0.39 is 0 Å². The van der Waals surface area contributed by atoms with Crippen molar-refractivity contribution in [1.29, 1.82) is 0 Å². The number of aryl methyl sites for hydroxylation is 1. The van der Waals surface area contributed by atoms with Gasteiger partial charge in [-0.05, 0) is 49.4 Å². The quantitative estimate of drug-likeness (QED) is 0.513. The monoisotopic (exact) mass is 365 g/mol. The SMILES string of the molecule is Cc1nccc2nc(-c3ccc(C4(N)CCC4)cc3)c(-c3ccccc3)cc12. The van der Waals surface area contributed by atoms with E-state index in [2.05, 4.69) is 59.6 Å². The number of benzene rings is 2. The van der Waals surface area contributed by atoms with Crippen molar-refractivity contribution in [2.24, 2.45) is 5.73 Å². The molecule has 3 heteroatoms. The fraction of sp³-hybridized carbons (Fsp3) is 0.200. The second kappa shape index (κ2) is 6.54. The minimum absolute atomic E-state index is 0.139. The van der Waals surface area contributed by atoms with Gasteiger partial charge >= 0.3 is 0 Å². The lowest BCUT2D eigenvalue weighted by Gasteiger charge is -2.38. The van der Waals surface area contributed by atoms with Crippen molar-refractivity contribution in [1.82, 2.24) is 9.97 Å². The maximum absolute atomic E-state index is 6.50. The molecule has 0 bridgehead atoms. The summed E-state index contributed by atoms with van der Waals surface area (Å²) in [6.07, 6.45) is 5.19. The zero-order valence-corrected chi connectivity index (χ0v) is 16.0. The summed E-state index contributed by atoms with van der Waals surface area (Å²) in [6, 6.07) is 23.3. The number of nitrogens with zero attached hydrogens (tertiary/aromatic N) is 2. The van der Waals surface area contributed by atoms with Gasteiger partial charge in [0.25, 0.3) is 0 Å². The zero-order chi connectivity index (χ0) is 19.1. The molecule has 3 nitrogen and oxygen atoms in total. The largest absolute Gasteiger partial charge is 0.321 e. The average Bonchev–Trinajstić information content (AvgIpc) is 2.72. The van der Waals surface area contributed by atoms with Gasteiger partial charge in [-0.1, -0.05) is 54.6 Å². The van der Waals surface area contributed by atoms with Crippen LogP contribution in [0.5, 0.6) is 0 Å². The Labute approximate surface area is 165 Å². The van der Waals surface area contributed by atoms with Crippen molar-refractivity contribution in [2.45, 2.75) is 31.7 Å². The van der Waals surface area contributed by atoms with Crippen LogP contribution < -0.4 is 5.73 Å². The number of aromatic nitrogens is 2. The molecule has 28 heavy (non-hydrogen) atoms. The molecule has 2 N–H and O–H groups in total. The Morgan fingerprint density at radius 1 is 0.893 bits per heavy atom. The Kier molecular flexibility index (Phi) is 3.99. The third kappa shape index (κ3) is 2.79. The highest BCUT2D eigenvalue weighted by molar-refractivity contribution is 5.92. The second-order valence-corrected chi connectivity index (χ2v) is 7.80. The van der Waals surface area contributed by atoms with Gasteiger partial charge in [0, 0.05) is 33.9 Å². The molecule has 1 fully saturated rings. The van der Waals surface area contributed by atoms with Crippen LogP contribution in [-0.2, 0) is 5.54 Å². The van der Waals surface area contributed by atoms with E-state index in [0.717, 1.165) is 51.8 Å². The van der Waals surface area contributed by atoms with Crippen LogP contribution in [0, 0.1) is 6.92 Å². The molecular weight excluding hydrogens is 342 g/mol. The van der Waals surface area contributed by atoms with Crippen molar-refractivity contribution >= 4 is 10.9 Å². The molecule has 5 rings (SSSR count). The van der Waals surface area contributed by atoms with Crippen molar-refractivity contribution in [3.8, 4) is 22.4 Å². The first-order chi connectivity index (χ1) is 13.6. The van der Waals surface area contributed by atoms with Crippen LogP contribution >= 0.6 is 0 Å². The Bertz CT molecular complexity index is 1140. The number of rotatable bonds is 3. The van der Waals surface area contributed by atoms with Gasteiger partial charge in [0.05, 0.1) is 11.2 Å². The smallest absolute Gasteiger partial charge is 0.0788 e. The molecule has 1 aliphatic rings. The molecule has 0 amide bonds. The summed E-state index contributed by atoms with van der Waals surface area (Å²) in [5.74, 6) is 0. The van der Waals surface area contributed by atoms with Gasteiger partial charge in [0.2, 0.25) is 0 Å². The predicted molar refractivity (Wildman–Crippen MR) is 115 cm³/mol. The molecule has 1 saturated carbocycles. The summed E-state index contributed by atoms with van der Waals surface area (Å²) >= 11 is 0. The molecule has 2 aromatic carbocycles. The first-order valence-corrected chi connectivity index (χ1v) is 9.86. The van der Waals surface area contributed by atoms with Crippen molar-refractivity contribution in [3.05, 3.63) is 84.2 Å². The third-order valence-corrected chi connectivity index (χ3v) is 6.01. The van der Waals surface area contributed by atoms with Crippen LogP contribution in [0.15, 0.2) is 72.9 Å². The van der Waals surface area contributed by atoms with E-state index in [1.165, 1.54) is 12.0 Å². The van der Waals surface area contributed by atoms with E-state index >= 15 is 0 Å². The van der Waals surface area contributed by atoms with E-state index in [1.807, 2.05) is 25.3 Å². The lowest BCUT2D eigenvalue weighted by atomic mass is 9.72. The molecule has 0 aliphatic heterocycles. The van der Waals surface area contributed by atoms with E-state index in [1.54, 1.807) is 0 Å². The predicted octanol–water partition coefficient (Wildman–Crippen LogP) is 5.61. The fourth-order valence-corrected chi connectivity index (χ4v) is 4.10. The number of pyridine rings is 2. The summed E-state index contributed by atoms with van der Waals surface area (Å²) in [6.45, 7) is 2.03. The van der Waals surface area contributed by atoms with E-state index in [4.69, 9.17) is 10.7 Å². The van der Waals surface area contributed by atoms with E-state index in [9.17, 15) is 0 Å². The van der Waals surface area contributed by atoms with Gasteiger partial charge in [-0.3, -0.25) is 4.98 Å². The topological polar surface area (TPSA) is 51.8 Å². The van der Waals surface area contributed by atoms with Crippen molar-refractivity contribution < 1.29 is 0 Å². The molecule has 0 saturated heterocycles. The minimum atomic E-state index is -0.139. The molecule has 4 aromatic rings. The molecule has 138 valence electrons. The molecule has 0 spiro atoms. The zero-order valence-electron chi connectivity index (χ0n) is 16.0. The highest BCUT2D eigenvalue weighted by Gasteiger charge is 2.34. The number of nitrogens with two attached hydrogens (primary N) is 1. The standard InChI is InChI=1S/C25H23N3/c1-17-21-16-22(18-6-3-2-4-7-18)24(28-23(21)12-15-27-17)19-8-10-20(11-9-19)25(26)13-5-14-25/h2-4,6-12,15-16H,5,13-14,26H2,1H3. The maximum Gasteiger partial charge on any atom is 0.0788 e. The normalized spacial score (nSPS) is 15.4. The van der Waals surface area contributed by atoms with Gasteiger partial charge in [0.15, 0.2) is 0 Å². The van der Waals surface area contributed by atoms with E-state index in [0.29, 0.717) is 0 Å². The van der Waals surface area contributed by atoms with Crippen LogP contribution in [0.4, 0.5) is 0 Å². The highest BCUT2D eigenvalue weighted by Crippen LogP contribution is 2.40. The Balaban J connectivity index is 1.69. The first-order valence-electron chi connectivity index (χ1n) is 9.86. The van der Waals surface area contributed by atoms with Crippen LogP contribution in [-0.4, -0.2) is 9.97 Å². The minimum Gasteiger partial charge on any atom is -0.321 e. The number of hydrogen-bond donors (Lipinski definition) is 1. The summed E-state index contributed by atoms with van der Waals surface area (Å²) in [4.78, 5) is 9.48. The third-order valence-electron chi connectivity index (χ3n) is 6.01. The molecule has 0 radical (unpaired) electrons. The first kappa shape index (κ1) is 17.1. The van der Waals surface area contributed by atoms with Gasteiger partial charge < -0.3 is 5.73 Å². The lowest BCUT2D eigenvalue weighted by Crippen LogP contribution is -2.43. The lowest BCUT2D eigenvalue weighted by molar-refractivity contribution is 0.253. The molecule has 2 heterocycles. The van der Waals surface area contributed by atoms with Crippen LogP contribution in [0.25, 0.3) is 33.3 Å². The maximum atomic E-state index is 6.50. The second-order valence-electron chi connectivity index (χ2n) is 7.80. The fourth-order valence-electron chi connectivity index (χ4n) is 4.10. The van der Waals surface area contributed by atoms with Gasteiger partial charge in [-0.25, -0.2) is 4.98 Å². The highest BCUT2D eigenvalue weighted by atomic mass is 14.8. The average molecular weight is 365 g/mol. The van der Waals surface area contributed by atoms with Crippen LogP contribution in [0.3, 0.4) is 0 Å². The van der Waals surface area contributed by atoms with Gasteiger partial charge in [-0.2, -0.15) is 0 Å². The molecule has 0 unspecified atom stereocenters. The van der Waals surface area contributed by atoms with Crippen molar-refractivity contribution in [2.75, 3.05) is 0 Å². The van der Waals surface area contributed by atoms with Crippen LogP contribution in [0.1, 0.15) is 30.5 Å². The Morgan fingerprint density at radius 2 is 1.64 bits per heavy atom. The summed E-state index contributed by atoms with van der Waals surface area (Å²) < 4.78 is 0. The number of fused-ring (bicyclic) bond motifs is 1.